The molecule has 0 radical (unpaired) electrons. The molecule has 0 heterocycles. The predicted molar refractivity (Wildman–Crippen MR) is 142 cm³/mol. The van der Waals surface area contributed by atoms with Gasteiger partial charge in [0.1, 0.15) is 0 Å². The van der Waals surface area contributed by atoms with Crippen LogP contribution in [0.1, 0.15) is 133 Å². The van der Waals surface area contributed by atoms with Crippen LogP contribution in [0.4, 0.5) is 0 Å². The lowest BCUT2D eigenvalue weighted by Gasteiger charge is -2.65. The molecule has 1 N–H and O–H groups in total. The van der Waals surface area contributed by atoms with E-state index in [1.54, 1.807) is 0 Å². The van der Waals surface area contributed by atoms with Crippen LogP contribution in [0.5, 0.6) is 0 Å². The van der Waals surface area contributed by atoms with Crippen molar-refractivity contribution in [3.8, 4) is 0 Å². The Morgan fingerprint density at radius 3 is 2.36 bits per heavy atom. The Labute approximate surface area is 206 Å². The van der Waals surface area contributed by atoms with Gasteiger partial charge in [0.25, 0.3) is 0 Å². The smallest absolute Gasteiger partial charge is 0.0591 e. The minimum Gasteiger partial charge on any atom is -0.390 e. The molecule has 0 aromatic carbocycles. The van der Waals surface area contributed by atoms with Crippen LogP contribution in [0.15, 0.2) is 11.6 Å². The monoisotopic (exact) mass is 456 g/mol. The van der Waals surface area contributed by atoms with Gasteiger partial charge < -0.3 is 5.11 Å². The minimum atomic E-state index is -0.517. The second kappa shape index (κ2) is 8.38. The molecule has 0 spiro atoms. The van der Waals surface area contributed by atoms with E-state index in [0.29, 0.717) is 21.7 Å². The Hall–Kier alpha value is -0.300. The van der Waals surface area contributed by atoms with Gasteiger partial charge in [0.2, 0.25) is 0 Å². The van der Waals surface area contributed by atoms with E-state index in [-0.39, 0.29) is 0 Å². The molecular weight excluding hydrogens is 400 g/mol. The quantitative estimate of drug-likeness (QED) is 0.409. The van der Waals surface area contributed by atoms with Crippen LogP contribution in [0.3, 0.4) is 0 Å². The first-order valence-electron chi connectivity index (χ1n) is 14.6. The summed E-state index contributed by atoms with van der Waals surface area (Å²) in [5, 5.41) is 10.2. The van der Waals surface area contributed by atoms with Crippen molar-refractivity contribution in [3.63, 3.8) is 0 Å². The first kappa shape index (κ1) is 25.8. The maximum atomic E-state index is 10.2. The van der Waals surface area contributed by atoms with Crippen LogP contribution in [-0.4, -0.2) is 10.7 Å². The van der Waals surface area contributed by atoms with Gasteiger partial charge in [0.05, 0.1) is 5.60 Å². The molecule has 0 aliphatic heterocycles. The molecule has 4 aliphatic carbocycles. The van der Waals surface area contributed by atoms with E-state index in [4.69, 9.17) is 0 Å². The highest BCUT2D eigenvalue weighted by Crippen LogP contribution is 2.74. The van der Waals surface area contributed by atoms with Gasteiger partial charge in [-0.1, -0.05) is 79.4 Å². The summed E-state index contributed by atoms with van der Waals surface area (Å²) < 4.78 is 0. The summed E-state index contributed by atoms with van der Waals surface area (Å²) >= 11 is 0. The lowest BCUT2D eigenvalue weighted by atomic mass is 9.40. The van der Waals surface area contributed by atoms with Crippen LogP contribution in [0.25, 0.3) is 0 Å². The lowest BCUT2D eigenvalue weighted by molar-refractivity contribution is -0.137. The summed E-state index contributed by atoms with van der Waals surface area (Å²) in [5.74, 6) is 4.08. The lowest BCUT2D eigenvalue weighted by Crippen LogP contribution is -2.57. The van der Waals surface area contributed by atoms with Gasteiger partial charge in [0.15, 0.2) is 0 Å². The normalized spacial score (nSPS) is 45.9. The molecule has 190 valence electrons. The van der Waals surface area contributed by atoms with Gasteiger partial charge in [-0.3, -0.25) is 0 Å². The zero-order valence-electron chi connectivity index (χ0n) is 23.7. The maximum Gasteiger partial charge on any atom is 0.0591 e. The van der Waals surface area contributed by atoms with Crippen LogP contribution in [-0.2, 0) is 0 Å². The summed E-state index contributed by atoms with van der Waals surface area (Å²) in [5.41, 5.74) is 3.12. The van der Waals surface area contributed by atoms with Crippen LogP contribution in [0.2, 0.25) is 0 Å². The second-order valence-electron chi connectivity index (χ2n) is 15.2. The van der Waals surface area contributed by atoms with Crippen molar-refractivity contribution in [1.29, 1.82) is 0 Å². The molecule has 0 amide bonds. The van der Waals surface area contributed by atoms with Crippen molar-refractivity contribution in [3.05, 3.63) is 11.6 Å². The average molecular weight is 457 g/mol. The Kier molecular flexibility index (Phi) is 6.55. The highest BCUT2D eigenvalue weighted by atomic mass is 16.3. The molecule has 0 aromatic heterocycles. The molecule has 1 heteroatoms. The molecule has 4 rings (SSSR count). The fraction of sp³-hybridized carbons (Fsp3) is 0.938. The van der Waals surface area contributed by atoms with Gasteiger partial charge >= 0.3 is 0 Å². The van der Waals surface area contributed by atoms with Gasteiger partial charge in [0, 0.05) is 0 Å². The number of rotatable bonds is 5. The van der Waals surface area contributed by atoms with Gasteiger partial charge in [-0.25, -0.2) is 0 Å². The van der Waals surface area contributed by atoms with Crippen molar-refractivity contribution >= 4 is 0 Å². The van der Waals surface area contributed by atoms with E-state index in [2.05, 4.69) is 54.5 Å². The molecule has 0 aromatic rings. The topological polar surface area (TPSA) is 20.2 Å². The molecule has 0 saturated heterocycles. The molecule has 4 aliphatic rings. The summed E-state index contributed by atoms with van der Waals surface area (Å²) in [6, 6.07) is 0. The van der Waals surface area contributed by atoms with E-state index in [1.165, 1.54) is 57.8 Å². The van der Waals surface area contributed by atoms with Crippen LogP contribution >= 0.6 is 0 Å². The Bertz CT molecular complexity index is 755. The number of hydrogen-bond acceptors (Lipinski definition) is 1. The molecule has 3 fully saturated rings. The van der Waals surface area contributed by atoms with E-state index in [1.807, 2.05) is 19.4 Å². The van der Waals surface area contributed by atoms with E-state index < -0.39 is 5.60 Å². The van der Waals surface area contributed by atoms with E-state index in [0.717, 1.165) is 42.4 Å². The highest BCUT2D eigenvalue weighted by Gasteiger charge is 2.66. The molecule has 3 saturated carbocycles. The predicted octanol–water partition coefficient (Wildman–Crippen LogP) is 9.20. The van der Waals surface area contributed by atoms with Crippen LogP contribution < -0.4 is 0 Å². The van der Waals surface area contributed by atoms with Gasteiger partial charge in [-0.2, -0.15) is 0 Å². The Morgan fingerprint density at radius 2 is 1.70 bits per heavy atom. The molecule has 4 unspecified atom stereocenters. The summed E-state index contributed by atoms with van der Waals surface area (Å²) in [6.07, 6.45) is 17.4. The number of fused-ring (bicyclic) bond motifs is 5. The molecular formula is C32H56O. The molecule has 1 nitrogen and oxygen atoms in total. The zero-order valence-corrected chi connectivity index (χ0v) is 23.7. The van der Waals surface area contributed by atoms with Crippen LogP contribution in [0, 0.1) is 51.2 Å². The third-order valence-electron chi connectivity index (χ3n) is 12.8. The van der Waals surface area contributed by atoms with Crippen molar-refractivity contribution in [2.24, 2.45) is 51.2 Å². The van der Waals surface area contributed by atoms with Crippen molar-refractivity contribution < 1.29 is 5.11 Å². The van der Waals surface area contributed by atoms with E-state index in [9.17, 15) is 5.11 Å². The van der Waals surface area contributed by atoms with E-state index >= 15 is 0 Å². The molecule has 33 heavy (non-hydrogen) atoms. The van der Waals surface area contributed by atoms with Crippen molar-refractivity contribution in [1.82, 2.24) is 0 Å². The average Bonchev–Trinajstić information content (AvgIpc) is 2.91. The Morgan fingerprint density at radius 1 is 1.00 bits per heavy atom. The third kappa shape index (κ3) is 3.99. The number of allylic oxidation sites excluding steroid dienone is 2. The first-order chi connectivity index (χ1) is 15.2. The van der Waals surface area contributed by atoms with Gasteiger partial charge in [-0.15, -0.1) is 0 Å². The second-order valence-corrected chi connectivity index (χ2v) is 15.2. The first-order valence-corrected chi connectivity index (χ1v) is 14.6. The largest absolute Gasteiger partial charge is 0.390 e. The summed E-state index contributed by atoms with van der Waals surface area (Å²) in [6.45, 7) is 22.2. The summed E-state index contributed by atoms with van der Waals surface area (Å²) in [4.78, 5) is 0. The van der Waals surface area contributed by atoms with Gasteiger partial charge in [-0.05, 0) is 116 Å². The number of aliphatic hydroxyl groups is 1. The maximum absolute atomic E-state index is 10.2. The SMILES string of the molecule is C[C@H](CCCC(C)(C)O)C1CC[C@@]2(C)C3CC=C4C(CCC[C@H](C)C4(C)C)C3(C)CC[C@]12C. The fourth-order valence-electron chi connectivity index (χ4n) is 10.1. The zero-order chi connectivity index (χ0) is 24.4. The minimum absolute atomic E-state index is 0.365. The van der Waals surface area contributed by atoms with Crippen molar-refractivity contribution in [2.45, 2.75) is 139 Å². The molecule has 8 atom stereocenters. The molecule has 0 bridgehead atoms. The number of hydrogen-bond donors (Lipinski definition) is 1. The van der Waals surface area contributed by atoms with Crippen molar-refractivity contribution in [2.75, 3.05) is 0 Å². The third-order valence-corrected chi connectivity index (χ3v) is 12.8. The standard InChI is InChI=1S/C32H56O/c1-22(12-11-18-28(3,4)33)24-17-19-32(9)27-16-15-25-26(14-10-13-23(2)29(25,5)6)30(27,7)20-21-31(24,32)8/h15,22-24,26-27,33H,10-14,16-21H2,1-9H3/t22-,23+,24?,26?,27?,30?,31-,32+/m1/s1. The highest BCUT2D eigenvalue weighted by molar-refractivity contribution is 5.29. The Balaban J connectivity index is 1.60. The summed E-state index contributed by atoms with van der Waals surface area (Å²) in [7, 11) is 0. The fourth-order valence-corrected chi connectivity index (χ4v) is 10.1.